The number of urea groups is 1. The van der Waals surface area contributed by atoms with Crippen molar-refractivity contribution in [2.75, 3.05) is 6.54 Å². The van der Waals surface area contributed by atoms with E-state index in [1.54, 1.807) is 0 Å². The van der Waals surface area contributed by atoms with Crippen LogP contribution in [0.4, 0.5) is 4.79 Å². The van der Waals surface area contributed by atoms with Crippen molar-refractivity contribution < 1.29 is 33.9 Å². The van der Waals surface area contributed by atoms with E-state index < -0.39 is 59.5 Å². The molecule has 0 spiro atoms. The van der Waals surface area contributed by atoms with Crippen LogP contribution in [0.3, 0.4) is 0 Å². The largest absolute Gasteiger partial charge is 0.480 e. The van der Waals surface area contributed by atoms with Gasteiger partial charge in [0.15, 0.2) is 17.8 Å². The summed E-state index contributed by atoms with van der Waals surface area (Å²) in [5.41, 5.74) is 20.1. The van der Waals surface area contributed by atoms with E-state index in [0.717, 1.165) is 0 Å². The minimum absolute atomic E-state index is 0.00984. The van der Waals surface area contributed by atoms with E-state index in [0.29, 0.717) is 19.4 Å². The summed E-state index contributed by atoms with van der Waals surface area (Å²) in [5.74, 6) is -3.27. The fourth-order valence-corrected chi connectivity index (χ4v) is 4.91. The summed E-state index contributed by atoms with van der Waals surface area (Å²) in [5, 5.41) is 30.5. The highest BCUT2D eigenvalue weighted by atomic mass is 16.5. The lowest BCUT2D eigenvalue weighted by Gasteiger charge is -2.25. The monoisotopic (exact) mass is 566 g/mol. The number of primary amides is 1. The smallest absolute Gasteiger partial charge is 0.328 e. The number of nitrogens with one attached hydrogen (secondary N) is 3. The summed E-state index contributed by atoms with van der Waals surface area (Å²) in [6, 6.07) is -3.56. The van der Waals surface area contributed by atoms with E-state index in [-0.39, 0.29) is 41.8 Å². The molecule has 13 N–H and O–H groups in total. The van der Waals surface area contributed by atoms with Crippen LogP contribution in [0.5, 0.6) is 0 Å². The number of hydrogen-bond donors (Lipinski definition) is 9. The highest BCUT2D eigenvalue weighted by molar-refractivity contribution is 5.96. The molecule has 1 heterocycles. The summed E-state index contributed by atoms with van der Waals surface area (Å²) in [7, 11) is 0. The molecule has 3 unspecified atom stereocenters. The molecule has 2 aliphatic carbocycles. The first kappa shape index (κ1) is 30.6. The first-order valence-electron chi connectivity index (χ1n) is 12.9. The van der Waals surface area contributed by atoms with Crippen LogP contribution in [0, 0.1) is 17.8 Å². The van der Waals surface area contributed by atoms with Crippen LogP contribution < -0.4 is 38.9 Å². The zero-order chi connectivity index (χ0) is 30.0. The van der Waals surface area contributed by atoms with Crippen molar-refractivity contribution in [2.45, 2.75) is 75.7 Å². The number of hydrogen-bond acceptors (Lipinski definition) is 10. The number of aliphatic hydroxyl groups excluding tert-OH is 1. The number of aliphatic hydroxyl groups is 1. The van der Waals surface area contributed by atoms with Gasteiger partial charge < -0.3 is 53.6 Å². The van der Waals surface area contributed by atoms with E-state index in [9.17, 15) is 29.4 Å². The number of rotatable bonds is 14. The topological polar surface area (TPSA) is 300 Å². The van der Waals surface area contributed by atoms with Gasteiger partial charge in [0.2, 0.25) is 17.7 Å². The number of carbonyl (C=O) groups is 4. The Hall–Kier alpha value is -3.99. The lowest BCUT2D eigenvalue weighted by molar-refractivity contribution is -0.145. The molecule has 2 saturated carbocycles. The second-order valence-corrected chi connectivity index (χ2v) is 10.9. The van der Waals surface area contributed by atoms with Gasteiger partial charge >= 0.3 is 12.0 Å². The van der Waals surface area contributed by atoms with Crippen LogP contribution in [0.1, 0.15) is 64.2 Å². The fourth-order valence-electron chi connectivity index (χ4n) is 4.91. The molecule has 0 saturated heterocycles. The minimum Gasteiger partial charge on any atom is -0.480 e. The number of nitrogens with two attached hydrogens (primary N) is 4. The first-order chi connectivity index (χ1) is 18.6. The number of amides is 4. The average molecular weight is 567 g/mol. The van der Waals surface area contributed by atoms with Gasteiger partial charge in [0, 0.05) is 6.54 Å². The van der Waals surface area contributed by atoms with Crippen LogP contribution in [-0.2, 0) is 19.9 Å². The molecule has 0 bridgehead atoms. The zero-order valence-electron chi connectivity index (χ0n) is 22.6. The second kappa shape index (κ2) is 11.6. The molecule has 17 heteroatoms. The van der Waals surface area contributed by atoms with Crippen molar-refractivity contribution in [3.8, 4) is 0 Å². The van der Waals surface area contributed by atoms with Crippen LogP contribution in [0.15, 0.2) is 9.52 Å². The van der Waals surface area contributed by atoms with E-state index in [1.165, 1.54) is 6.92 Å². The molecule has 40 heavy (non-hydrogen) atoms. The minimum atomic E-state index is -1.57. The van der Waals surface area contributed by atoms with Crippen molar-refractivity contribution in [2.24, 2.45) is 45.7 Å². The summed E-state index contributed by atoms with van der Waals surface area (Å²) >= 11 is 0. The third kappa shape index (κ3) is 6.77. The van der Waals surface area contributed by atoms with Gasteiger partial charge in [-0.3, -0.25) is 14.6 Å². The molecule has 7 atom stereocenters. The molecule has 0 aliphatic heterocycles. The lowest BCUT2D eigenvalue weighted by Crippen LogP contribution is -2.58. The van der Waals surface area contributed by atoms with Gasteiger partial charge in [-0.1, -0.05) is 19.0 Å². The number of nitrogens with zero attached hydrogens (tertiary/aromatic N) is 3. The molecule has 17 nitrogen and oxygen atoms in total. The van der Waals surface area contributed by atoms with Crippen molar-refractivity contribution in [1.82, 2.24) is 26.1 Å². The summed E-state index contributed by atoms with van der Waals surface area (Å²) in [4.78, 5) is 57.7. The van der Waals surface area contributed by atoms with E-state index in [4.69, 9.17) is 27.5 Å². The Labute approximate surface area is 229 Å². The maximum Gasteiger partial charge on any atom is 0.328 e. The van der Waals surface area contributed by atoms with E-state index >= 15 is 0 Å². The van der Waals surface area contributed by atoms with Gasteiger partial charge in [0.05, 0.1) is 18.1 Å². The number of aliphatic carboxylic acids is 1. The highest BCUT2D eigenvalue weighted by Gasteiger charge is 2.62. The summed E-state index contributed by atoms with van der Waals surface area (Å²) in [6.45, 7) is 5.30. The molecule has 1 aromatic rings. The van der Waals surface area contributed by atoms with Gasteiger partial charge in [0.25, 0.3) is 0 Å². The highest BCUT2D eigenvalue weighted by Crippen LogP contribution is 2.51. The summed E-state index contributed by atoms with van der Waals surface area (Å²) in [6.07, 6.45) is -0.394. The molecule has 3 rings (SSSR count). The summed E-state index contributed by atoms with van der Waals surface area (Å²) < 4.78 is 5.31. The number of aliphatic imine (C=N–C) groups is 1. The molecule has 2 aliphatic rings. The van der Waals surface area contributed by atoms with Gasteiger partial charge in [-0.15, -0.1) is 0 Å². The predicted molar refractivity (Wildman–Crippen MR) is 139 cm³/mol. The Morgan fingerprint density at radius 2 is 1.82 bits per heavy atom. The molecule has 2 fully saturated rings. The van der Waals surface area contributed by atoms with Crippen molar-refractivity contribution in [1.29, 1.82) is 0 Å². The van der Waals surface area contributed by atoms with Crippen molar-refractivity contribution >= 4 is 29.8 Å². The number of carboxylic acid groups (broad SMARTS) is 1. The quantitative estimate of drug-likeness (QED) is 0.0833. The third-order valence-corrected chi connectivity index (χ3v) is 7.39. The predicted octanol–water partition coefficient (Wildman–Crippen LogP) is -2.51. The van der Waals surface area contributed by atoms with E-state index in [2.05, 4.69) is 31.1 Å². The normalized spacial score (nSPS) is 27.1. The molecule has 0 radical (unpaired) electrons. The number of carboxylic acids is 1. The lowest BCUT2D eigenvalue weighted by atomic mass is 10.0. The molecular formula is C23H38N10O7. The first-order valence-corrected chi connectivity index (χ1v) is 12.9. The van der Waals surface area contributed by atoms with Gasteiger partial charge in [0.1, 0.15) is 11.6 Å². The standard InChI is InChI=1S/C23H38N10O7/c1-9(2)12-8-23(12,19(38)30-15(10(3)34)17(36)37)32-21(39)29-13(6-14(24)35)16-31-18(33-40-16)22(27)7-11(22)4-5-28-20(25)26/h9-13,15,34H,4-8,27H2,1-3H3,(H2,24,35)(H,30,38)(H,36,37)(H4,25,26,28)(H2,29,32,39)/t10?,11-,12+,13+,15+,22?,23?/m1/s1. The van der Waals surface area contributed by atoms with Gasteiger partial charge in [-0.2, -0.15) is 4.98 Å². The van der Waals surface area contributed by atoms with Crippen LogP contribution in [0.25, 0.3) is 0 Å². The molecule has 222 valence electrons. The van der Waals surface area contributed by atoms with Crippen molar-refractivity contribution in [3.63, 3.8) is 0 Å². The Bertz CT molecular complexity index is 1170. The average Bonchev–Trinajstić information content (AvgIpc) is 3.64. The SMILES string of the molecule is CC(O)[C@H](NC(=O)C1(NC(=O)N[C@@H](CC(N)=O)c2nc(C3(N)C[C@H]3CCN=C(N)N)no2)C[C@H]1C(C)C)C(=O)O. The Kier molecular flexibility index (Phi) is 8.88. The Morgan fingerprint density at radius 1 is 1.15 bits per heavy atom. The van der Waals surface area contributed by atoms with Crippen molar-refractivity contribution in [3.05, 3.63) is 11.7 Å². The molecule has 1 aromatic heterocycles. The van der Waals surface area contributed by atoms with Crippen LogP contribution in [-0.4, -0.2) is 74.4 Å². The molecule has 4 amide bonds. The van der Waals surface area contributed by atoms with Gasteiger partial charge in [-0.25, -0.2) is 9.59 Å². The molecule has 0 aromatic carbocycles. The van der Waals surface area contributed by atoms with Crippen LogP contribution >= 0.6 is 0 Å². The molecular weight excluding hydrogens is 528 g/mol. The number of guanidine groups is 1. The Morgan fingerprint density at radius 3 is 2.35 bits per heavy atom. The number of carbonyl (C=O) groups excluding carboxylic acids is 3. The van der Waals surface area contributed by atoms with Gasteiger partial charge in [-0.05, 0) is 43.9 Å². The van der Waals surface area contributed by atoms with E-state index in [1.807, 2.05) is 13.8 Å². The fraction of sp³-hybridized carbons (Fsp3) is 0.696. The Balaban J connectivity index is 1.72. The van der Waals surface area contributed by atoms with Crippen LogP contribution in [0.2, 0.25) is 0 Å². The third-order valence-electron chi connectivity index (χ3n) is 7.39. The maximum atomic E-state index is 13.1. The zero-order valence-corrected chi connectivity index (χ0v) is 22.6. The number of aromatic nitrogens is 2. The maximum absolute atomic E-state index is 13.1. The second-order valence-electron chi connectivity index (χ2n) is 10.9.